The van der Waals surface area contributed by atoms with Gasteiger partial charge in [0.05, 0.1) is 0 Å². The molecule has 3 aromatic rings. The number of thioether (sulfide) groups is 1. The van der Waals surface area contributed by atoms with Crippen LogP contribution in [0.4, 0.5) is 79.0 Å². The first-order valence-corrected chi connectivity index (χ1v) is 19.6. The molecule has 60 heavy (non-hydrogen) atoms. The molecule has 3 aromatic carbocycles. The van der Waals surface area contributed by atoms with E-state index >= 15 is 0 Å². The molecule has 0 aliphatic heterocycles. The Bertz CT molecular complexity index is 1790. The Morgan fingerprint density at radius 3 is 1.28 bits per heavy atom. The lowest BCUT2D eigenvalue weighted by Crippen LogP contribution is -2.60. The number of alkyl halides is 18. The van der Waals surface area contributed by atoms with Crippen molar-refractivity contribution in [2.75, 3.05) is 11.9 Å². The van der Waals surface area contributed by atoms with Crippen LogP contribution in [0.3, 0.4) is 0 Å². The SMILES string of the molecule is CC(=O)N[C@@H](Cc1ccccc1)C(=O)SCCP(c1ccc(CCC(F)(F)C(F)(F)C(F)(F)C(F)(F)F)cc1)c1ccc(CCC(F)(F)C(F)(F)C(F)(F)C(F)(F)F)cc1. The first-order chi connectivity index (χ1) is 27.3. The van der Waals surface area contributed by atoms with E-state index in [9.17, 15) is 88.6 Å². The molecule has 1 N–H and O–H groups in total. The summed E-state index contributed by atoms with van der Waals surface area (Å²) >= 11 is 0.774. The highest BCUT2D eigenvalue weighted by Crippen LogP contribution is 2.55. The van der Waals surface area contributed by atoms with Crippen molar-refractivity contribution in [3.8, 4) is 0 Å². The maximum Gasteiger partial charge on any atom is 0.460 e. The monoisotopic (exact) mass is 927 g/mol. The molecule has 0 aliphatic carbocycles. The van der Waals surface area contributed by atoms with Crippen LogP contribution in [0.15, 0.2) is 78.9 Å². The van der Waals surface area contributed by atoms with Crippen molar-refractivity contribution < 1.29 is 88.6 Å². The number of hydrogen-bond donors (Lipinski definition) is 1. The Hall–Kier alpha value is -3.68. The lowest BCUT2D eigenvalue weighted by atomic mass is 9.97. The van der Waals surface area contributed by atoms with Crippen LogP contribution < -0.4 is 15.9 Å². The first-order valence-electron chi connectivity index (χ1n) is 17.1. The maximum atomic E-state index is 14.2. The van der Waals surface area contributed by atoms with Gasteiger partial charge in [-0.25, -0.2) is 0 Å². The van der Waals surface area contributed by atoms with Crippen LogP contribution in [0.5, 0.6) is 0 Å². The molecule has 0 saturated carbocycles. The maximum absolute atomic E-state index is 14.2. The zero-order valence-electron chi connectivity index (χ0n) is 30.5. The molecule has 1 atom stereocenters. The lowest BCUT2D eigenvalue weighted by Gasteiger charge is -2.33. The Morgan fingerprint density at radius 2 is 0.933 bits per heavy atom. The molecule has 0 bridgehead atoms. The minimum Gasteiger partial charge on any atom is -0.345 e. The van der Waals surface area contributed by atoms with Crippen molar-refractivity contribution in [2.24, 2.45) is 0 Å². The van der Waals surface area contributed by atoms with Crippen molar-refractivity contribution >= 4 is 41.3 Å². The number of hydrogen-bond acceptors (Lipinski definition) is 3. The largest absolute Gasteiger partial charge is 0.460 e. The molecule has 0 spiro atoms. The summed E-state index contributed by atoms with van der Waals surface area (Å²) < 4.78 is 240. The summed E-state index contributed by atoms with van der Waals surface area (Å²) in [6.07, 6.45) is -20.3. The summed E-state index contributed by atoms with van der Waals surface area (Å²) in [4.78, 5) is 25.1. The molecular formula is C37H32F18NO2PS. The van der Waals surface area contributed by atoms with E-state index in [1.807, 2.05) is 0 Å². The zero-order chi connectivity index (χ0) is 45.8. The van der Waals surface area contributed by atoms with Gasteiger partial charge in [0, 0.05) is 31.9 Å². The molecular weight excluding hydrogens is 895 g/mol. The minimum atomic E-state index is -7.07. The fraction of sp³-hybridized carbons (Fsp3) is 0.459. The van der Waals surface area contributed by atoms with E-state index in [1.54, 1.807) is 30.3 Å². The Morgan fingerprint density at radius 1 is 0.550 bits per heavy atom. The van der Waals surface area contributed by atoms with Gasteiger partial charge in [0.15, 0.2) is 0 Å². The van der Waals surface area contributed by atoms with Crippen LogP contribution in [0.2, 0.25) is 0 Å². The van der Waals surface area contributed by atoms with Gasteiger partial charge in [0.1, 0.15) is 6.04 Å². The van der Waals surface area contributed by atoms with E-state index in [4.69, 9.17) is 0 Å². The Balaban J connectivity index is 1.87. The van der Waals surface area contributed by atoms with Crippen LogP contribution in [-0.2, 0) is 28.9 Å². The number of aryl methyl sites for hydroxylation is 2. The third-order valence-corrected chi connectivity index (χ3v) is 12.7. The molecule has 0 heterocycles. The normalized spacial score (nSPS) is 14.3. The third kappa shape index (κ3) is 11.4. The predicted molar refractivity (Wildman–Crippen MR) is 188 cm³/mol. The van der Waals surface area contributed by atoms with E-state index in [-0.39, 0.29) is 29.5 Å². The predicted octanol–water partition coefficient (Wildman–Crippen LogP) is 10.9. The fourth-order valence-electron chi connectivity index (χ4n) is 5.45. The van der Waals surface area contributed by atoms with Gasteiger partial charge >= 0.3 is 47.9 Å². The van der Waals surface area contributed by atoms with Crippen molar-refractivity contribution in [3.05, 3.63) is 95.6 Å². The summed E-state index contributed by atoms with van der Waals surface area (Å²) in [7, 11) is -1.69. The number of carbonyl (C=O) groups excluding carboxylic acids is 2. The van der Waals surface area contributed by atoms with Gasteiger partial charge in [-0.1, -0.05) is 90.6 Å². The molecule has 1 amide bonds. The van der Waals surface area contributed by atoms with Crippen molar-refractivity contribution in [1.82, 2.24) is 5.32 Å². The number of amides is 1. The highest BCUT2D eigenvalue weighted by Gasteiger charge is 2.82. The third-order valence-electron chi connectivity index (χ3n) is 8.87. The zero-order valence-corrected chi connectivity index (χ0v) is 32.2. The van der Waals surface area contributed by atoms with Gasteiger partial charge in [0.25, 0.3) is 0 Å². The summed E-state index contributed by atoms with van der Waals surface area (Å²) in [5.74, 6) is -40.0. The summed E-state index contributed by atoms with van der Waals surface area (Å²) in [6, 6.07) is 16.8. The lowest BCUT2D eigenvalue weighted by molar-refractivity contribution is -0.396. The number of benzene rings is 3. The standard InChI is InChI=1S/C37H32F18NO2PS/c1-22(57)56-28(21-25-5-3-2-4-6-25)29(58)60-20-19-59(26-11-7-23(8-12-26)15-17-30(38,39)32(42,43)34(46,47)36(50,51)52)27-13-9-24(10-14-27)16-18-31(40,41)33(44,45)35(48,49)37(53,54)55/h2-14,28H,15-21H2,1H3,(H,56,57)/t28-/m0/s1. The van der Waals surface area contributed by atoms with E-state index in [2.05, 4.69) is 5.32 Å². The minimum absolute atomic E-state index is 0.00234. The molecule has 0 aliphatic rings. The van der Waals surface area contributed by atoms with Gasteiger partial charge < -0.3 is 5.32 Å². The molecule has 23 heteroatoms. The number of rotatable bonds is 19. The van der Waals surface area contributed by atoms with E-state index in [0.717, 1.165) is 36.0 Å². The topological polar surface area (TPSA) is 46.2 Å². The van der Waals surface area contributed by atoms with Crippen LogP contribution >= 0.6 is 19.7 Å². The first kappa shape index (κ1) is 50.7. The second-order valence-corrected chi connectivity index (χ2v) is 16.7. The van der Waals surface area contributed by atoms with E-state index in [0.29, 0.717) is 16.2 Å². The average Bonchev–Trinajstić information content (AvgIpc) is 3.14. The summed E-state index contributed by atoms with van der Waals surface area (Å²) in [6.45, 7) is 1.18. The van der Waals surface area contributed by atoms with Crippen LogP contribution in [0.25, 0.3) is 0 Å². The molecule has 3 rings (SSSR count). The number of halogens is 18. The quantitative estimate of drug-likeness (QED) is 0.0963. The molecule has 0 unspecified atom stereocenters. The smallest absolute Gasteiger partial charge is 0.345 e. The van der Waals surface area contributed by atoms with Gasteiger partial charge in [0.2, 0.25) is 11.0 Å². The second kappa shape index (κ2) is 18.7. The highest BCUT2D eigenvalue weighted by molar-refractivity contribution is 8.14. The second-order valence-electron chi connectivity index (χ2n) is 13.3. The van der Waals surface area contributed by atoms with E-state index < -0.39 is 98.6 Å². The molecule has 3 nitrogen and oxygen atoms in total. The van der Waals surface area contributed by atoms with Gasteiger partial charge in [-0.05, 0) is 54.2 Å². The van der Waals surface area contributed by atoms with Crippen molar-refractivity contribution in [2.45, 2.75) is 93.0 Å². The molecule has 0 radical (unpaired) electrons. The molecule has 334 valence electrons. The average molecular weight is 928 g/mol. The molecule has 0 saturated heterocycles. The van der Waals surface area contributed by atoms with Crippen molar-refractivity contribution in [3.63, 3.8) is 0 Å². The van der Waals surface area contributed by atoms with Crippen LogP contribution in [-0.4, -0.2) is 76.9 Å². The summed E-state index contributed by atoms with van der Waals surface area (Å²) in [5, 5.41) is 2.71. The number of nitrogens with one attached hydrogen (secondary N) is 1. The molecule has 0 aromatic heterocycles. The van der Waals surface area contributed by atoms with Gasteiger partial charge in [-0.15, -0.1) is 0 Å². The Labute approximate surface area is 335 Å². The van der Waals surface area contributed by atoms with Crippen molar-refractivity contribution in [1.29, 1.82) is 0 Å². The highest BCUT2D eigenvalue weighted by atomic mass is 32.2. The van der Waals surface area contributed by atoms with E-state index in [1.165, 1.54) is 31.2 Å². The van der Waals surface area contributed by atoms with Gasteiger partial charge in [-0.2, -0.15) is 79.0 Å². The van der Waals surface area contributed by atoms with Crippen LogP contribution in [0.1, 0.15) is 36.5 Å². The summed E-state index contributed by atoms with van der Waals surface area (Å²) in [5.41, 5.74) is 0.262. The van der Waals surface area contributed by atoms with Crippen LogP contribution in [0, 0.1) is 0 Å². The van der Waals surface area contributed by atoms with Gasteiger partial charge in [-0.3, -0.25) is 9.59 Å². The number of carbonyl (C=O) groups is 2. The molecule has 0 fully saturated rings. The fourth-order valence-corrected chi connectivity index (χ4v) is 8.92. The Kier molecular flexibility index (Phi) is 15.8.